The van der Waals surface area contributed by atoms with Crippen molar-refractivity contribution in [2.24, 2.45) is 0 Å². The number of carbonyl (C=O) groups is 1. The maximum absolute atomic E-state index is 8.88. The van der Waals surface area contributed by atoms with Crippen LogP contribution in [0.2, 0.25) is 0 Å². The molecule has 9 nitrogen and oxygen atoms in total. The number of hydrogen-bond acceptors (Lipinski definition) is 2. The molecule has 0 atom stereocenters. The van der Waals surface area contributed by atoms with Gasteiger partial charge in [0.1, 0.15) is 0 Å². The second kappa shape index (κ2) is 19.4. The van der Waals surface area contributed by atoms with E-state index in [2.05, 4.69) is 0 Å². The van der Waals surface area contributed by atoms with Gasteiger partial charge in [-0.05, 0) is 0 Å². The molecule has 0 aromatic heterocycles. The summed E-state index contributed by atoms with van der Waals surface area (Å²) >= 11 is 0. The summed E-state index contributed by atoms with van der Waals surface area (Å²) in [5.74, 6) is 0. The fourth-order valence-corrected chi connectivity index (χ4v) is 0. The standard InChI is InChI=1S/CH2O3.2Ca.H3O4P.2H2O.4H/c2-1(3)4;;;1-5(2,3)4;;;;;;/h(H2,2,3,4);;;(H3,1,2,3,4);2*1H2;;;;/q;2*+2;;;;4*-1. The van der Waals surface area contributed by atoms with Crippen molar-refractivity contribution in [3.05, 3.63) is 0 Å². The van der Waals surface area contributed by atoms with Crippen LogP contribution in [0.4, 0.5) is 4.79 Å². The van der Waals surface area contributed by atoms with Gasteiger partial charge in [-0.2, -0.15) is 0 Å². The van der Waals surface area contributed by atoms with Crippen molar-refractivity contribution in [1.29, 1.82) is 0 Å². The molecule has 0 bridgehead atoms. The maximum atomic E-state index is 8.88. The van der Waals surface area contributed by atoms with Gasteiger partial charge in [0.05, 0.1) is 0 Å². The number of phosphoric acid groups is 1. The summed E-state index contributed by atoms with van der Waals surface area (Å²) in [4.78, 5) is 30.1. The fourth-order valence-electron chi connectivity index (χ4n) is 0. The first-order chi connectivity index (χ1) is 3.73. The van der Waals surface area contributed by atoms with E-state index >= 15 is 0 Å². The van der Waals surface area contributed by atoms with E-state index in [1.165, 1.54) is 0 Å². The van der Waals surface area contributed by atoms with Crippen molar-refractivity contribution in [2.45, 2.75) is 0 Å². The molecule has 9 N–H and O–H groups in total. The molecule has 0 fully saturated rings. The third-order valence-corrected chi connectivity index (χ3v) is 0. The Balaban J connectivity index is -0.00000000494. The summed E-state index contributed by atoms with van der Waals surface area (Å²) in [6, 6.07) is 0. The van der Waals surface area contributed by atoms with E-state index in [1.807, 2.05) is 0 Å². The zero-order chi connectivity index (χ0) is 8.08. The Morgan fingerprint density at radius 2 is 1.00 bits per heavy atom. The summed E-state index contributed by atoms with van der Waals surface area (Å²) in [5.41, 5.74) is 0. The summed E-state index contributed by atoms with van der Waals surface area (Å²) in [5, 5.41) is 13.9. The molecule has 0 amide bonds. The average molecular weight is 280 g/mol. The van der Waals surface area contributed by atoms with Gasteiger partial charge >= 0.3 is 89.5 Å². The molecule has 0 aromatic rings. The van der Waals surface area contributed by atoms with Crippen LogP contribution in [0.25, 0.3) is 0 Å². The van der Waals surface area contributed by atoms with Gasteiger partial charge in [-0.1, -0.05) is 0 Å². The summed E-state index contributed by atoms with van der Waals surface area (Å²) < 4.78 is 8.88. The molecule has 0 saturated heterocycles. The van der Waals surface area contributed by atoms with E-state index in [1.54, 1.807) is 0 Å². The molecule has 0 heterocycles. The largest absolute Gasteiger partial charge is 2.00 e. The number of rotatable bonds is 0. The van der Waals surface area contributed by atoms with Gasteiger partial charge in [0.25, 0.3) is 0 Å². The Labute approximate surface area is 139 Å². The molecule has 12 heteroatoms. The Kier molecular flexibility index (Phi) is 54.3. The molecule has 0 radical (unpaired) electrons. The van der Waals surface area contributed by atoms with E-state index in [4.69, 9.17) is 34.3 Å². The van der Waals surface area contributed by atoms with Gasteiger partial charge in [-0.3, -0.25) is 0 Å². The zero-order valence-corrected chi connectivity index (χ0v) is 11.7. The topological polar surface area (TPSA) is 198 Å². The first-order valence-electron chi connectivity index (χ1n) is 1.43. The third-order valence-electron chi connectivity index (χ3n) is 0. The number of carboxylic acid groups (broad SMARTS) is 2. The quantitative estimate of drug-likeness (QED) is 0.235. The Bertz CT molecular complexity index is 131. The van der Waals surface area contributed by atoms with Crippen molar-refractivity contribution in [2.75, 3.05) is 0 Å². The third kappa shape index (κ3) is 583. The first-order valence-corrected chi connectivity index (χ1v) is 3.00. The Morgan fingerprint density at radius 3 is 1.00 bits per heavy atom. The molecule has 0 aliphatic heterocycles. The molecule has 0 spiro atoms. The van der Waals surface area contributed by atoms with Crippen molar-refractivity contribution in [3.63, 3.8) is 0 Å². The van der Waals surface area contributed by atoms with Crippen LogP contribution < -0.4 is 0 Å². The fraction of sp³-hybridized carbons (Fsp3) is 0. The van der Waals surface area contributed by atoms with Crippen molar-refractivity contribution < 1.29 is 50.9 Å². The Hall–Kier alpha value is 1.82. The monoisotopic (exact) mass is 280 g/mol. The number of hydrogen-bond donors (Lipinski definition) is 5. The molecule has 0 unspecified atom stereocenters. The second-order valence-corrected chi connectivity index (χ2v) is 1.82. The SMILES string of the molecule is O.O.O=C(O)O.O=P(O)(O)O.[Ca+2].[Ca+2].[H-].[H-].[H-].[H-]. The Morgan fingerprint density at radius 1 is 1.00 bits per heavy atom. The zero-order valence-electron chi connectivity index (χ0n) is 10.4. The van der Waals surface area contributed by atoms with Crippen molar-refractivity contribution in [3.8, 4) is 0 Å². The minimum absolute atomic E-state index is 0. The van der Waals surface area contributed by atoms with Crippen LogP contribution >= 0.6 is 7.82 Å². The second-order valence-electron chi connectivity index (χ2n) is 0.796. The maximum Gasteiger partial charge on any atom is 2.00 e. The molecular weight excluding hydrogens is 267 g/mol. The van der Waals surface area contributed by atoms with Crippen LogP contribution in [-0.2, 0) is 4.57 Å². The average Bonchev–Trinajstić information content (AvgIpc) is 1.19. The smallest absolute Gasteiger partial charge is 1.00 e. The van der Waals surface area contributed by atoms with E-state index in [0.717, 1.165) is 0 Å². The van der Waals surface area contributed by atoms with Crippen LogP contribution in [0.3, 0.4) is 0 Å². The van der Waals surface area contributed by atoms with Gasteiger partial charge in [0.15, 0.2) is 0 Å². The van der Waals surface area contributed by atoms with Crippen LogP contribution in [0, 0.1) is 0 Å². The van der Waals surface area contributed by atoms with E-state index in [9.17, 15) is 0 Å². The molecule has 13 heavy (non-hydrogen) atoms. The molecule has 0 aliphatic carbocycles. The van der Waals surface area contributed by atoms with Gasteiger partial charge in [0, 0.05) is 0 Å². The van der Waals surface area contributed by atoms with Crippen molar-refractivity contribution in [1.82, 2.24) is 0 Å². The molecular formula is CH13Ca2O9P. The summed E-state index contributed by atoms with van der Waals surface area (Å²) in [6.07, 6.45) is -1.83. The molecule has 0 rings (SSSR count). The van der Waals surface area contributed by atoms with E-state index in [-0.39, 0.29) is 92.1 Å². The molecule has 0 aromatic carbocycles. The molecule has 80 valence electrons. The minimum atomic E-state index is -4.64. The summed E-state index contributed by atoms with van der Waals surface area (Å²) in [7, 11) is -4.64. The van der Waals surface area contributed by atoms with Crippen LogP contribution in [-0.4, -0.2) is 117 Å². The van der Waals surface area contributed by atoms with Crippen molar-refractivity contribution >= 4 is 89.5 Å². The first kappa shape index (κ1) is 36.4. The van der Waals surface area contributed by atoms with Gasteiger partial charge < -0.3 is 41.6 Å². The van der Waals surface area contributed by atoms with E-state index < -0.39 is 14.0 Å². The van der Waals surface area contributed by atoms with Gasteiger partial charge in [-0.15, -0.1) is 0 Å². The van der Waals surface area contributed by atoms with E-state index in [0.29, 0.717) is 0 Å². The van der Waals surface area contributed by atoms with Gasteiger partial charge in [0.2, 0.25) is 0 Å². The molecule has 0 aliphatic rings. The van der Waals surface area contributed by atoms with Gasteiger partial charge in [-0.25, -0.2) is 9.36 Å². The summed E-state index contributed by atoms with van der Waals surface area (Å²) in [6.45, 7) is 0. The molecule has 0 saturated carbocycles. The normalized spacial score (nSPS) is 6.38. The minimum Gasteiger partial charge on any atom is -1.00 e. The predicted molar refractivity (Wildman–Crippen MR) is 48.1 cm³/mol. The van der Waals surface area contributed by atoms with Crippen LogP contribution in [0.5, 0.6) is 0 Å². The predicted octanol–water partition coefficient (Wildman–Crippen LogP) is -2.67. The van der Waals surface area contributed by atoms with Crippen LogP contribution in [0.1, 0.15) is 5.71 Å². The van der Waals surface area contributed by atoms with Crippen LogP contribution in [0.15, 0.2) is 0 Å².